The molecule has 6 heteroatoms. The molecule has 1 N–H and O–H groups in total. The molecule has 0 saturated carbocycles. The molecule has 0 unspecified atom stereocenters. The second-order valence-electron chi connectivity index (χ2n) is 5.78. The first-order valence-corrected chi connectivity index (χ1v) is 8.41. The van der Waals surface area contributed by atoms with Gasteiger partial charge in [0.25, 0.3) is 0 Å². The van der Waals surface area contributed by atoms with E-state index < -0.39 is 18.2 Å². The lowest BCUT2D eigenvalue weighted by molar-refractivity contribution is -0.161. The van der Waals surface area contributed by atoms with Gasteiger partial charge in [0, 0.05) is 0 Å². The Labute approximate surface area is 158 Å². The van der Waals surface area contributed by atoms with Gasteiger partial charge in [0.05, 0.1) is 27.4 Å². The summed E-state index contributed by atoms with van der Waals surface area (Å²) in [4.78, 5) is 11.6. The summed E-state index contributed by atoms with van der Waals surface area (Å²) in [6.07, 6.45) is -0.512. The molecule has 0 bridgehead atoms. The minimum absolute atomic E-state index is 0.136. The average Bonchev–Trinajstić information content (AvgIpc) is 2.71. The van der Waals surface area contributed by atoms with E-state index in [2.05, 4.69) is 6.58 Å². The van der Waals surface area contributed by atoms with Gasteiger partial charge in [-0.1, -0.05) is 30.3 Å². The summed E-state index contributed by atoms with van der Waals surface area (Å²) in [7, 11) is 3.18. The van der Waals surface area contributed by atoms with E-state index in [1.807, 2.05) is 36.4 Å². The molecule has 0 radical (unpaired) electrons. The molecule has 0 saturated heterocycles. The van der Waals surface area contributed by atoms with Crippen LogP contribution in [0.4, 0.5) is 0 Å². The number of methoxy groups -OCH3 is 2. The number of hydrogen-bond donors (Lipinski definition) is 1. The van der Waals surface area contributed by atoms with Gasteiger partial charge in [0.15, 0.2) is 6.10 Å². The number of carboxylic acid groups (broad SMARTS) is 1. The SMILES string of the molecule is C=C[C@@H](OCc1ccc(OC)cc1)[C@H](OCc1ccc(OC)cc1)C(=O)O. The van der Waals surface area contributed by atoms with Crippen molar-refractivity contribution in [2.24, 2.45) is 0 Å². The molecule has 2 rings (SSSR count). The molecule has 2 atom stereocenters. The molecule has 0 amide bonds. The molecule has 2 aromatic rings. The third-order valence-corrected chi connectivity index (χ3v) is 3.96. The molecule has 0 aliphatic rings. The molecule has 0 fully saturated rings. The van der Waals surface area contributed by atoms with Crippen LogP contribution < -0.4 is 9.47 Å². The summed E-state index contributed by atoms with van der Waals surface area (Å²) < 4.78 is 21.5. The Morgan fingerprint density at radius 2 is 1.37 bits per heavy atom. The molecule has 6 nitrogen and oxygen atoms in total. The van der Waals surface area contributed by atoms with Crippen LogP contribution in [-0.4, -0.2) is 37.5 Å². The van der Waals surface area contributed by atoms with Gasteiger partial charge in [0.2, 0.25) is 0 Å². The molecule has 2 aromatic carbocycles. The zero-order valence-corrected chi connectivity index (χ0v) is 15.5. The van der Waals surface area contributed by atoms with Crippen molar-refractivity contribution in [3.63, 3.8) is 0 Å². The first-order chi connectivity index (χ1) is 13.1. The van der Waals surface area contributed by atoms with Crippen molar-refractivity contribution >= 4 is 5.97 Å². The van der Waals surface area contributed by atoms with E-state index in [0.29, 0.717) is 0 Å². The summed E-state index contributed by atoms with van der Waals surface area (Å²) >= 11 is 0. The third-order valence-electron chi connectivity index (χ3n) is 3.96. The molecule has 27 heavy (non-hydrogen) atoms. The lowest BCUT2D eigenvalue weighted by atomic mass is 10.1. The van der Waals surface area contributed by atoms with Crippen molar-refractivity contribution in [2.45, 2.75) is 25.4 Å². The van der Waals surface area contributed by atoms with Crippen molar-refractivity contribution in [1.82, 2.24) is 0 Å². The van der Waals surface area contributed by atoms with E-state index in [-0.39, 0.29) is 13.2 Å². The number of benzene rings is 2. The summed E-state index contributed by atoms with van der Waals surface area (Å²) in [6, 6.07) is 14.6. The normalized spacial score (nSPS) is 12.8. The minimum atomic E-state index is -1.16. The fourth-order valence-electron chi connectivity index (χ4n) is 2.41. The Morgan fingerprint density at radius 1 is 0.926 bits per heavy atom. The van der Waals surface area contributed by atoms with Crippen LogP contribution in [-0.2, 0) is 27.5 Å². The molecule has 0 spiro atoms. The number of carbonyl (C=O) groups is 1. The molecular weight excluding hydrogens is 348 g/mol. The van der Waals surface area contributed by atoms with Crippen LogP contribution in [0.3, 0.4) is 0 Å². The van der Waals surface area contributed by atoms with E-state index in [0.717, 1.165) is 22.6 Å². The van der Waals surface area contributed by atoms with E-state index in [4.69, 9.17) is 18.9 Å². The van der Waals surface area contributed by atoms with Crippen LogP contribution in [0, 0.1) is 0 Å². The Balaban J connectivity index is 1.96. The zero-order chi connectivity index (χ0) is 19.6. The molecule has 0 aromatic heterocycles. The van der Waals surface area contributed by atoms with Crippen LogP contribution in [0.25, 0.3) is 0 Å². The van der Waals surface area contributed by atoms with Crippen LogP contribution in [0.15, 0.2) is 61.2 Å². The van der Waals surface area contributed by atoms with E-state index in [9.17, 15) is 9.90 Å². The van der Waals surface area contributed by atoms with Gasteiger partial charge >= 0.3 is 5.97 Å². The van der Waals surface area contributed by atoms with Gasteiger partial charge in [-0.25, -0.2) is 4.79 Å². The first kappa shape index (κ1) is 20.5. The molecule has 0 aliphatic heterocycles. The van der Waals surface area contributed by atoms with Crippen molar-refractivity contribution in [3.8, 4) is 11.5 Å². The average molecular weight is 372 g/mol. The Morgan fingerprint density at radius 3 is 1.74 bits per heavy atom. The second-order valence-corrected chi connectivity index (χ2v) is 5.78. The maximum atomic E-state index is 11.6. The van der Waals surface area contributed by atoms with Gasteiger partial charge in [0.1, 0.15) is 17.6 Å². The van der Waals surface area contributed by atoms with Crippen molar-refractivity contribution in [1.29, 1.82) is 0 Å². The number of carboxylic acids is 1. The summed E-state index contributed by atoms with van der Waals surface area (Å²) in [5.74, 6) is 0.355. The van der Waals surface area contributed by atoms with Crippen LogP contribution in [0.1, 0.15) is 11.1 Å². The van der Waals surface area contributed by atoms with Crippen molar-refractivity contribution in [2.75, 3.05) is 14.2 Å². The predicted octanol–water partition coefficient (Wildman–Crippen LogP) is 3.45. The topological polar surface area (TPSA) is 74.2 Å². The van der Waals surface area contributed by atoms with Crippen molar-refractivity contribution < 1.29 is 28.8 Å². The van der Waals surface area contributed by atoms with E-state index in [1.54, 1.807) is 26.4 Å². The maximum Gasteiger partial charge on any atom is 0.335 e. The van der Waals surface area contributed by atoms with Crippen LogP contribution in [0.2, 0.25) is 0 Å². The van der Waals surface area contributed by atoms with Crippen LogP contribution >= 0.6 is 0 Å². The maximum absolute atomic E-state index is 11.6. The number of rotatable bonds is 11. The standard InChI is InChI=1S/C21H24O6/c1-4-19(26-13-15-5-9-17(24-2)10-6-15)20(21(22)23)27-14-16-7-11-18(25-3)12-8-16/h4-12,19-20H,1,13-14H2,2-3H3,(H,22,23)/t19-,20+/m1/s1. The van der Waals surface area contributed by atoms with Crippen LogP contribution in [0.5, 0.6) is 11.5 Å². The largest absolute Gasteiger partial charge is 0.497 e. The molecule has 0 aliphatic carbocycles. The third kappa shape index (κ3) is 6.13. The second kappa shape index (κ2) is 10.4. The minimum Gasteiger partial charge on any atom is -0.497 e. The Kier molecular flexibility index (Phi) is 7.85. The highest BCUT2D eigenvalue weighted by molar-refractivity contribution is 5.73. The van der Waals surface area contributed by atoms with Gasteiger partial charge in [-0.15, -0.1) is 6.58 Å². The highest BCUT2D eigenvalue weighted by Crippen LogP contribution is 2.17. The number of ether oxygens (including phenoxy) is 4. The van der Waals surface area contributed by atoms with E-state index >= 15 is 0 Å². The molecule has 0 heterocycles. The zero-order valence-electron chi connectivity index (χ0n) is 15.5. The first-order valence-electron chi connectivity index (χ1n) is 8.41. The van der Waals surface area contributed by atoms with Gasteiger partial charge in [-0.05, 0) is 35.4 Å². The summed E-state index contributed by atoms with van der Waals surface area (Å²) in [6.45, 7) is 4.05. The number of hydrogen-bond acceptors (Lipinski definition) is 5. The highest BCUT2D eigenvalue weighted by atomic mass is 16.6. The molecular formula is C21H24O6. The fourth-order valence-corrected chi connectivity index (χ4v) is 2.41. The summed E-state index contributed by atoms with van der Waals surface area (Å²) in [5.41, 5.74) is 1.72. The highest BCUT2D eigenvalue weighted by Gasteiger charge is 2.28. The monoisotopic (exact) mass is 372 g/mol. The number of aliphatic carboxylic acids is 1. The lowest BCUT2D eigenvalue weighted by Gasteiger charge is -2.22. The van der Waals surface area contributed by atoms with Gasteiger partial charge < -0.3 is 24.1 Å². The summed E-state index contributed by atoms with van der Waals surface area (Å²) in [5, 5.41) is 9.51. The van der Waals surface area contributed by atoms with Gasteiger partial charge in [-0.2, -0.15) is 0 Å². The van der Waals surface area contributed by atoms with Gasteiger partial charge in [-0.3, -0.25) is 0 Å². The lowest BCUT2D eigenvalue weighted by Crippen LogP contribution is -2.37. The van der Waals surface area contributed by atoms with Crippen molar-refractivity contribution in [3.05, 3.63) is 72.3 Å². The quantitative estimate of drug-likeness (QED) is 0.609. The smallest absolute Gasteiger partial charge is 0.335 e. The molecule has 144 valence electrons. The Bertz CT molecular complexity index is 723. The predicted molar refractivity (Wildman–Crippen MR) is 101 cm³/mol. The van der Waals surface area contributed by atoms with E-state index in [1.165, 1.54) is 6.08 Å². The Hall–Kier alpha value is -2.83. The fraction of sp³-hybridized carbons (Fsp3) is 0.286.